The second kappa shape index (κ2) is 4.49. The standard InChI is InChI=1S/C11H20N2O2/c12-11(4-1-5-11)10(14)13-8-9-2-6-15-7-3-9/h9H,1-8,12H2,(H,13,14). The lowest BCUT2D eigenvalue weighted by molar-refractivity contribution is -0.129. The Kier molecular flexibility index (Phi) is 3.26. The molecule has 1 saturated carbocycles. The Bertz CT molecular complexity index is 233. The highest BCUT2D eigenvalue weighted by Gasteiger charge is 2.39. The summed E-state index contributed by atoms with van der Waals surface area (Å²) in [5, 5.41) is 2.98. The molecular formula is C11H20N2O2. The predicted octanol–water partition coefficient (Wildman–Crippen LogP) is 0.411. The fraction of sp³-hybridized carbons (Fsp3) is 0.909. The molecule has 3 N–H and O–H groups in total. The van der Waals surface area contributed by atoms with Gasteiger partial charge in [0.2, 0.25) is 5.91 Å². The number of amides is 1. The Morgan fingerprint density at radius 2 is 2.07 bits per heavy atom. The molecule has 4 nitrogen and oxygen atoms in total. The van der Waals surface area contributed by atoms with Gasteiger partial charge in [0.05, 0.1) is 5.54 Å². The summed E-state index contributed by atoms with van der Waals surface area (Å²) >= 11 is 0. The first-order valence-electron chi connectivity index (χ1n) is 5.86. The van der Waals surface area contributed by atoms with E-state index in [1.807, 2.05) is 0 Å². The summed E-state index contributed by atoms with van der Waals surface area (Å²) in [6, 6.07) is 0. The molecule has 1 aliphatic heterocycles. The molecular weight excluding hydrogens is 192 g/mol. The van der Waals surface area contributed by atoms with E-state index in [-0.39, 0.29) is 5.91 Å². The SMILES string of the molecule is NC1(C(=O)NCC2CCOCC2)CCC1. The van der Waals surface area contributed by atoms with Gasteiger partial charge in [0.1, 0.15) is 0 Å². The van der Waals surface area contributed by atoms with Gasteiger partial charge in [-0.1, -0.05) is 0 Å². The third kappa shape index (κ3) is 2.49. The maximum atomic E-state index is 11.7. The number of carbonyl (C=O) groups is 1. The zero-order chi connectivity index (χ0) is 10.7. The van der Waals surface area contributed by atoms with E-state index >= 15 is 0 Å². The second-order valence-electron chi connectivity index (χ2n) is 4.78. The third-order valence-corrected chi connectivity index (χ3v) is 3.59. The summed E-state index contributed by atoms with van der Waals surface area (Å²) in [5.41, 5.74) is 5.37. The van der Waals surface area contributed by atoms with Crippen molar-refractivity contribution >= 4 is 5.91 Å². The van der Waals surface area contributed by atoms with Crippen LogP contribution in [0.15, 0.2) is 0 Å². The number of hydrogen-bond acceptors (Lipinski definition) is 3. The molecule has 0 radical (unpaired) electrons. The van der Waals surface area contributed by atoms with Gasteiger partial charge in [-0.15, -0.1) is 0 Å². The molecule has 0 unspecified atom stereocenters. The monoisotopic (exact) mass is 212 g/mol. The molecule has 0 spiro atoms. The van der Waals surface area contributed by atoms with Gasteiger partial charge in [-0.2, -0.15) is 0 Å². The van der Waals surface area contributed by atoms with Gasteiger partial charge >= 0.3 is 0 Å². The molecule has 0 atom stereocenters. The lowest BCUT2D eigenvalue weighted by Gasteiger charge is -2.36. The highest BCUT2D eigenvalue weighted by molar-refractivity contribution is 5.86. The zero-order valence-electron chi connectivity index (χ0n) is 9.13. The van der Waals surface area contributed by atoms with Crippen LogP contribution < -0.4 is 11.1 Å². The number of nitrogens with one attached hydrogen (secondary N) is 1. The van der Waals surface area contributed by atoms with Gasteiger partial charge < -0.3 is 15.8 Å². The fourth-order valence-electron chi connectivity index (χ4n) is 2.15. The average Bonchev–Trinajstić information content (AvgIpc) is 2.24. The van der Waals surface area contributed by atoms with Gasteiger partial charge in [0.25, 0.3) is 0 Å². The van der Waals surface area contributed by atoms with Gasteiger partial charge in [-0.3, -0.25) is 4.79 Å². The molecule has 1 saturated heterocycles. The van der Waals surface area contributed by atoms with Gasteiger partial charge in [0, 0.05) is 19.8 Å². The topological polar surface area (TPSA) is 64.4 Å². The Morgan fingerprint density at radius 3 is 2.60 bits per heavy atom. The van der Waals surface area contributed by atoms with Gasteiger partial charge in [-0.25, -0.2) is 0 Å². The van der Waals surface area contributed by atoms with Crippen molar-refractivity contribution in [2.75, 3.05) is 19.8 Å². The normalized spacial score (nSPS) is 25.7. The lowest BCUT2D eigenvalue weighted by atomic mass is 9.77. The van der Waals surface area contributed by atoms with E-state index in [1.54, 1.807) is 0 Å². The van der Waals surface area contributed by atoms with Gasteiger partial charge in [-0.05, 0) is 38.0 Å². The third-order valence-electron chi connectivity index (χ3n) is 3.59. The Labute approximate surface area is 90.5 Å². The molecule has 1 heterocycles. The van der Waals surface area contributed by atoms with E-state index < -0.39 is 5.54 Å². The van der Waals surface area contributed by atoms with Crippen LogP contribution in [-0.2, 0) is 9.53 Å². The molecule has 0 aromatic rings. The summed E-state index contributed by atoms with van der Waals surface area (Å²) in [6.07, 6.45) is 4.87. The summed E-state index contributed by atoms with van der Waals surface area (Å²) < 4.78 is 5.27. The van der Waals surface area contributed by atoms with Crippen LogP contribution in [0.4, 0.5) is 0 Å². The molecule has 2 aliphatic rings. The molecule has 15 heavy (non-hydrogen) atoms. The first-order chi connectivity index (χ1) is 7.21. The Balaban J connectivity index is 1.70. The highest BCUT2D eigenvalue weighted by atomic mass is 16.5. The van der Waals surface area contributed by atoms with Crippen LogP contribution in [0.2, 0.25) is 0 Å². The van der Waals surface area contributed by atoms with E-state index in [1.165, 1.54) is 0 Å². The highest BCUT2D eigenvalue weighted by Crippen LogP contribution is 2.29. The van der Waals surface area contributed by atoms with Crippen LogP contribution in [0.1, 0.15) is 32.1 Å². The Hall–Kier alpha value is -0.610. The van der Waals surface area contributed by atoms with E-state index in [4.69, 9.17) is 10.5 Å². The first kappa shape index (κ1) is 10.9. The molecule has 2 rings (SSSR count). The van der Waals surface area contributed by atoms with Crippen LogP contribution in [0.5, 0.6) is 0 Å². The minimum Gasteiger partial charge on any atom is -0.381 e. The summed E-state index contributed by atoms with van der Waals surface area (Å²) in [5.74, 6) is 0.617. The van der Waals surface area contributed by atoms with E-state index in [0.29, 0.717) is 5.92 Å². The molecule has 0 aromatic heterocycles. The van der Waals surface area contributed by atoms with Crippen molar-refractivity contribution < 1.29 is 9.53 Å². The maximum absolute atomic E-state index is 11.7. The van der Waals surface area contributed by atoms with Crippen molar-refractivity contribution in [2.24, 2.45) is 11.7 Å². The minimum absolute atomic E-state index is 0.0419. The predicted molar refractivity (Wildman–Crippen MR) is 57.3 cm³/mol. The molecule has 1 aliphatic carbocycles. The molecule has 0 bridgehead atoms. The smallest absolute Gasteiger partial charge is 0.240 e. The van der Waals surface area contributed by atoms with Crippen molar-refractivity contribution in [1.82, 2.24) is 5.32 Å². The van der Waals surface area contributed by atoms with Crippen molar-refractivity contribution in [1.29, 1.82) is 0 Å². The number of hydrogen-bond donors (Lipinski definition) is 2. The zero-order valence-corrected chi connectivity index (χ0v) is 9.13. The summed E-state index contributed by atoms with van der Waals surface area (Å²) in [7, 11) is 0. The fourth-order valence-corrected chi connectivity index (χ4v) is 2.15. The van der Waals surface area contributed by atoms with Crippen LogP contribution in [0, 0.1) is 5.92 Å². The molecule has 1 amide bonds. The molecule has 0 aromatic carbocycles. The van der Waals surface area contributed by atoms with Crippen molar-refractivity contribution in [3.63, 3.8) is 0 Å². The number of rotatable bonds is 3. The quantitative estimate of drug-likeness (QED) is 0.712. The lowest BCUT2D eigenvalue weighted by Crippen LogP contribution is -2.59. The number of nitrogens with two attached hydrogens (primary N) is 1. The van der Waals surface area contributed by atoms with Crippen LogP contribution in [0.3, 0.4) is 0 Å². The van der Waals surface area contributed by atoms with E-state index in [0.717, 1.165) is 51.9 Å². The van der Waals surface area contributed by atoms with Crippen LogP contribution in [0.25, 0.3) is 0 Å². The molecule has 86 valence electrons. The van der Waals surface area contributed by atoms with Crippen LogP contribution >= 0.6 is 0 Å². The minimum atomic E-state index is -0.550. The van der Waals surface area contributed by atoms with Crippen molar-refractivity contribution in [3.8, 4) is 0 Å². The van der Waals surface area contributed by atoms with Crippen LogP contribution in [-0.4, -0.2) is 31.2 Å². The van der Waals surface area contributed by atoms with E-state index in [9.17, 15) is 4.79 Å². The Morgan fingerprint density at radius 1 is 1.40 bits per heavy atom. The number of ether oxygens (including phenoxy) is 1. The maximum Gasteiger partial charge on any atom is 0.240 e. The van der Waals surface area contributed by atoms with E-state index in [2.05, 4.69) is 5.32 Å². The largest absolute Gasteiger partial charge is 0.381 e. The van der Waals surface area contributed by atoms with Gasteiger partial charge in [0.15, 0.2) is 0 Å². The average molecular weight is 212 g/mol. The second-order valence-corrected chi connectivity index (χ2v) is 4.78. The molecule has 2 fully saturated rings. The summed E-state index contributed by atoms with van der Waals surface area (Å²) in [6.45, 7) is 2.42. The summed E-state index contributed by atoms with van der Waals surface area (Å²) in [4.78, 5) is 11.7. The van der Waals surface area contributed by atoms with Crippen molar-refractivity contribution in [2.45, 2.75) is 37.6 Å². The molecule has 4 heteroatoms. The van der Waals surface area contributed by atoms with Crippen molar-refractivity contribution in [3.05, 3.63) is 0 Å². The first-order valence-corrected chi connectivity index (χ1v) is 5.86. The number of carbonyl (C=O) groups excluding carboxylic acids is 1.